The van der Waals surface area contributed by atoms with Crippen molar-refractivity contribution in [2.75, 3.05) is 0 Å². The van der Waals surface area contributed by atoms with Gasteiger partial charge in [0.2, 0.25) is 0 Å². The van der Waals surface area contributed by atoms with Gasteiger partial charge in [-0.1, -0.05) is 20.8 Å². The number of carbonyl (C=O) groups excluding carboxylic acids is 1. The van der Waals surface area contributed by atoms with E-state index in [2.05, 4.69) is 20.8 Å². The van der Waals surface area contributed by atoms with Crippen LogP contribution in [-0.4, -0.2) is 5.78 Å². The highest BCUT2D eigenvalue weighted by Crippen LogP contribution is 2.42. The van der Waals surface area contributed by atoms with Gasteiger partial charge >= 0.3 is 0 Å². The van der Waals surface area contributed by atoms with Crippen molar-refractivity contribution in [3.8, 4) is 0 Å². The molecule has 1 atom stereocenters. The fraction of sp³-hybridized carbons (Fsp3) is 0.409. The van der Waals surface area contributed by atoms with Crippen LogP contribution in [0, 0.1) is 25.2 Å². The number of carbonyl (C=O) groups is 1. The Labute approximate surface area is 149 Å². The molecular weight excluding hydrogens is 312 g/mol. The van der Waals surface area contributed by atoms with Crippen molar-refractivity contribution in [2.24, 2.45) is 11.3 Å². The fourth-order valence-electron chi connectivity index (χ4n) is 3.26. The molecule has 0 amide bonds. The first kappa shape index (κ1) is 17.5. The first-order chi connectivity index (χ1) is 11.7. The second kappa shape index (κ2) is 6.55. The number of allylic oxidation sites excluding steroid dienone is 2. The summed E-state index contributed by atoms with van der Waals surface area (Å²) < 4.78 is 11.3. The molecule has 0 bridgehead atoms. The van der Waals surface area contributed by atoms with Gasteiger partial charge in [-0.25, -0.2) is 0 Å². The van der Waals surface area contributed by atoms with Crippen LogP contribution in [0.3, 0.4) is 0 Å². The van der Waals surface area contributed by atoms with Crippen LogP contribution < -0.4 is 0 Å². The number of ketones is 1. The van der Waals surface area contributed by atoms with Gasteiger partial charge in [0, 0.05) is 11.1 Å². The highest BCUT2D eigenvalue weighted by atomic mass is 16.3. The maximum absolute atomic E-state index is 13.0. The number of furan rings is 2. The zero-order valence-corrected chi connectivity index (χ0v) is 15.7. The molecule has 1 saturated carbocycles. The van der Waals surface area contributed by atoms with E-state index in [1.165, 1.54) is 0 Å². The monoisotopic (exact) mass is 338 g/mol. The molecule has 2 aromatic heterocycles. The zero-order valence-electron chi connectivity index (χ0n) is 15.7. The zero-order chi connectivity index (χ0) is 18.2. The lowest BCUT2D eigenvalue weighted by Crippen LogP contribution is -2.29. The summed E-state index contributed by atoms with van der Waals surface area (Å²) in [5.74, 6) is 3.68. The molecule has 3 rings (SSSR count). The number of Topliss-reactive ketones (excluding diaryl/α,β-unsaturated/α-hetero) is 1. The van der Waals surface area contributed by atoms with E-state index in [-0.39, 0.29) is 11.2 Å². The molecule has 0 N–H and O–H groups in total. The lowest BCUT2D eigenvalue weighted by molar-refractivity contribution is -0.113. The van der Waals surface area contributed by atoms with E-state index in [0.717, 1.165) is 47.0 Å². The summed E-state index contributed by atoms with van der Waals surface area (Å²) in [7, 11) is 0. The third kappa shape index (κ3) is 4.04. The Hall–Kier alpha value is -2.29. The van der Waals surface area contributed by atoms with Crippen LogP contribution in [0.2, 0.25) is 0 Å². The van der Waals surface area contributed by atoms with Gasteiger partial charge in [-0.15, -0.1) is 0 Å². The van der Waals surface area contributed by atoms with Crippen LogP contribution in [0.5, 0.6) is 0 Å². The van der Waals surface area contributed by atoms with E-state index in [4.69, 9.17) is 8.83 Å². The minimum atomic E-state index is 0.101. The highest BCUT2D eigenvalue weighted by molar-refractivity contribution is 6.13. The topological polar surface area (TPSA) is 43.4 Å². The lowest BCUT2D eigenvalue weighted by Gasteiger charge is -2.35. The maximum atomic E-state index is 13.0. The summed E-state index contributed by atoms with van der Waals surface area (Å²) in [6, 6.07) is 7.66. The molecular formula is C22H26O3. The minimum Gasteiger partial charge on any atom is -0.462 e. The van der Waals surface area contributed by atoms with E-state index < -0.39 is 0 Å². The van der Waals surface area contributed by atoms with Crippen LogP contribution >= 0.6 is 0 Å². The molecule has 0 aromatic carbocycles. The summed E-state index contributed by atoms with van der Waals surface area (Å²) in [6.07, 6.45) is 5.34. The van der Waals surface area contributed by atoms with E-state index in [0.29, 0.717) is 5.92 Å². The van der Waals surface area contributed by atoms with Crippen LogP contribution in [0.15, 0.2) is 44.2 Å². The van der Waals surface area contributed by atoms with Gasteiger partial charge in [0.25, 0.3) is 0 Å². The molecule has 0 saturated heterocycles. The Morgan fingerprint density at radius 3 is 1.64 bits per heavy atom. The third-order valence-electron chi connectivity index (χ3n) is 4.90. The van der Waals surface area contributed by atoms with Crippen molar-refractivity contribution >= 4 is 17.9 Å². The molecule has 132 valence electrons. The Bertz CT molecular complexity index is 774. The molecule has 3 heteroatoms. The Morgan fingerprint density at radius 2 is 1.32 bits per heavy atom. The molecule has 1 fully saturated rings. The number of hydrogen-bond donors (Lipinski definition) is 0. The van der Waals surface area contributed by atoms with Crippen LogP contribution in [0.25, 0.3) is 12.2 Å². The first-order valence-electron chi connectivity index (χ1n) is 8.81. The van der Waals surface area contributed by atoms with Crippen molar-refractivity contribution in [1.82, 2.24) is 0 Å². The normalized spacial score (nSPS) is 22.1. The smallest absolute Gasteiger partial charge is 0.185 e. The van der Waals surface area contributed by atoms with Crippen molar-refractivity contribution < 1.29 is 13.6 Å². The summed E-state index contributed by atoms with van der Waals surface area (Å²) in [5.41, 5.74) is 1.75. The van der Waals surface area contributed by atoms with Gasteiger partial charge < -0.3 is 8.83 Å². The lowest BCUT2D eigenvalue weighted by atomic mass is 9.68. The molecule has 25 heavy (non-hydrogen) atoms. The van der Waals surface area contributed by atoms with Crippen molar-refractivity contribution in [3.63, 3.8) is 0 Å². The Balaban J connectivity index is 1.99. The molecule has 3 nitrogen and oxygen atoms in total. The van der Waals surface area contributed by atoms with Crippen LogP contribution in [-0.2, 0) is 4.79 Å². The molecule has 0 spiro atoms. The average molecular weight is 338 g/mol. The molecule has 1 unspecified atom stereocenters. The summed E-state index contributed by atoms with van der Waals surface area (Å²) >= 11 is 0. The Kier molecular flexibility index (Phi) is 4.59. The third-order valence-corrected chi connectivity index (χ3v) is 4.90. The van der Waals surface area contributed by atoms with E-state index in [1.807, 2.05) is 50.3 Å². The summed E-state index contributed by atoms with van der Waals surface area (Å²) in [6.45, 7) is 10.5. The SMILES string of the molecule is Cc1ccc(/C=C2/CC(C(C)(C)C)C/C(=C\c3ccc(C)o3)C2=O)o1. The molecule has 2 aromatic rings. The van der Waals surface area contributed by atoms with Crippen LogP contribution in [0.1, 0.15) is 56.7 Å². The van der Waals surface area contributed by atoms with Gasteiger partial charge in [0.1, 0.15) is 23.0 Å². The number of rotatable bonds is 2. The predicted octanol–water partition coefficient (Wildman–Crippen LogP) is 5.98. The quantitative estimate of drug-likeness (QED) is 0.632. The van der Waals surface area contributed by atoms with Crippen molar-refractivity contribution in [1.29, 1.82) is 0 Å². The highest BCUT2D eigenvalue weighted by Gasteiger charge is 2.34. The van der Waals surface area contributed by atoms with Crippen LogP contribution in [0.4, 0.5) is 0 Å². The van der Waals surface area contributed by atoms with Gasteiger partial charge in [-0.05, 0) is 74.4 Å². The Morgan fingerprint density at radius 1 is 0.880 bits per heavy atom. The molecule has 0 radical (unpaired) electrons. The van der Waals surface area contributed by atoms with Crippen molar-refractivity contribution in [2.45, 2.75) is 47.5 Å². The van der Waals surface area contributed by atoms with E-state index in [9.17, 15) is 4.79 Å². The molecule has 2 heterocycles. The average Bonchev–Trinajstić information content (AvgIpc) is 3.10. The largest absolute Gasteiger partial charge is 0.462 e. The fourth-order valence-corrected chi connectivity index (χ4v) is 3.26. The first-order valence-corrected chi connectivity index (χ1v) is 8.81. The van der Waals surface area contributed by atoms with Crippen molar-refractivity contribution in [3.05, 3.63) is 58.5 Å². The van der Waals surface area contributed by atoms with Gasteiger partial charge in [-0.2, -0.15) is 0 Å². The predicted molar refractivity (Wildman–Crippen MR) is 100 cm³/mol. The van der Waals surface area contributed by atoms with E-state index >= 15 is 0 Å². The standard InChI is InChI=1S/C22H26O3/c1-14-6-8-19(24-14)12-16-10-18(22(3,4)5)11-17(21(16)23)13-20-9-7-15(2)25-20/h6-9,12-13,18H,10-11H2,1-5H3/b16-12-,17-13+. The van der Waals surface area contributed by atoms with Gasteiger partial charge in [0.05, 0.1) is 0 Å². The minimum absolute atomic E-state index is 0.101. The summed E-state index contributed by atoms with van der Waals surface area (Å²) in [5, 5.41) is 0. The summed E-state index contributed by atoms with van der Waals surface area (Å²) in [4.78, 5) is 13.0. The molecule has 0 aliphatic heterocycles. The molecule has 1 aliphatic rings. The maximum Gasteiger partial charge on any atom is 0.185 e. The second-order valence-corrected chi connectivity index (χ2v) is 8.04. The number of aryl methyl sites for hydroxylation is 2. The van der Waals surface area contributed by atoms with Gasteiger partial charge in [0.15, 0.2) is 5.78 Å². The van der Waals surface area contributed by atoms with E-state index in [1.54, 1.807) is 0 Å². The van der Waals surface area contributed by atoms with Gasteiger partial charge in [-0.3, -0.25) is 4.79 Å². The molecule has 1 aliphatic carbocycles. The second-order valence-electron chi connectivity index (χ2n) is 8.04. The number of hydrogen-bond acceptors (Lipinski definition) is 3.